The predicted octanol–water partition coefficient (Wildman–Crippen LogP) is 4.03. The van der Waals surface area contributed by atoms with Crippen molar-refractivity contribution < 1.29 is 4.79 Å². The van der Waals surface area contributed by atoms with Gasteiger partial charge in [-0.05, 0) is 63.4 Å². The number of piperidine rings is 1. The fraction of sp³-hybridized carbons (Fsp3) is 0.550. The van der Waals surface area contributed by atoms with Crippen molar-refractivity contribution in [2.24, 2.45) is 0 Å². The van der Waals surface area contributed by atoms with E-state index in [-0.39, 0.29) is 18.3 Å². The molecule has 0 unspecified atom stereocenters. The summed E-state index contributed by atoms with van der Waals surface area (Å²) in [5.74, 6) is -0.175. The molecule has 3 rings (SSSR count). The number of hydrogen-bond donors (Lipinski definition) is 2. The molecule has 1 aliphatic rings. The van der Waals surface area contributed by atoms with E-state index in [1.807, 2.05) is 35.9 Å². The highest BCUT2D eigenvalue weighted by molar-refractivity contribution is 6.30. The zero-order valence-electron chi connectivity index (χ0n) is 16.7. The van der Waals surface area contributed by atoms with Crippen LogP contribution in [0.3, 0.4) is 0 Å². The number of nitrogens with one attached hydrogen (secondary N) is 2. The summed E-state index contributed by atoms with van der Waals surface area (Å²) >= 11 is 6.03. The lowest BCUT2D eigenvalue weighted by Gasteiger charge is -2.33. The van der Waals surface area contributed by atoms with E-state index in [0.29, 0.717) is 16.8 Å². The standard InChI is InChI=1S/C20H28ClN5O.ClH/c1-4-20(5-2,15-6-8-16(21)9-7-15)23-19(27)18-14(3)26(25-24-18)17-10-12-22-13-11-17;/h6-9,17,22H,4-5,10-13H2,1-3H3,(H,23,27);1H. The number of rotatable bonds is 6. The van der Waals surface area contributed by atoms with Gasteiger partial charge in [0.2, 0.25) is 0 Å². The molecule has 0 aliphatic carbocycles. The van der Waals surface area contributed by atoms with Gasteiger partial charge in [-0.2, -0.15) is 0 Å². The van der Waals surface area contributed by atoms with Crippen LogP contribution in [-0.2, 0) is 5.54 Å². The SMILES string of the molecule is CCC(CC)(NC(=O)c1nnn(C2CCNCC2)c1C)c1ccc(Cl)cc1.Cl. The van der Waals surface area contributed by atoms with Crippen LogP contribution >= 0.6 is 24.0 Å². The Labute approximate surface area is 177 Å². The van der Waals surface area contributed by atoms with E-state index in [1.54, 1.807) is 0 Å². The van der Waals surface area contributed by atoms with Crippen molar-refractivity contribution in [1.29, 1.82) is 0 Å². The lowest BCUT2D eigenvalue weighted by Crippen LogP contribution is -2.45. The Morgan fingerprint density at radius 3 is 2.43 bits per heavy atom. The Hall–Kier alpha value is -1.63. The molecule has 1 fully saturated rings. The summed E-state index contributed by atoms with van der Waals surface area (Å²) in [5, 5.41) is 15.8. The van der Waals surface area contributed by atoms with Crippen LogP contribution in [0.25, 0.3) is 0 Å². The zero-order valence-corrected chi connectivity index (χ0v) is 18.2. The minimum absolute atomic E-state index is 0. The summed E-state index contributed by atoms with van der Waals surface area (Å²) in [6.07, 6.45) is 3.56. The second kappa shape index (κ2) is 9.72. The molecule has 0 bridgehead atoms. The minimum Gasteiger partial charge on any atom is -0.341 e. The van der Waals surface area contributed by atoms with Gasteiger partial charge in [-0.1, -0.05) is 42.8 Å². The molecule has 154 valence electrons. The quantitative estimate of drug-likeness (QED) is 0.732. The third kappa shape index (κ3) is 4.50. The van der Waals surface area contributed by atoms with Crippen LogP contribution in [0.2, 0.25) is 5.02 Å². The average molecular weight is 426 g/mol. The highest BCUT2D eigenvalue weighted by Crippen LogP contribution is 2.30. The average Bonchev–Trinajstić information content (AvgIpc) is 3.09. The summed E-state index contributed by atoms with van der Waals surface area (Å²) in [4.78, 5) is 13.1. The number of benzene rings is 1. The first-order valence-corrected chi connectivity index (χ1v) is 10.1. The summed E-state index contributed by atoms with van der Waals surface area (Å²) in [7, 11) is 0. The molecule has 1 amide bonds. The Balaban J connectivity index is 0.00000280. The Morgan fingerprint density at radius 1 is 1.25 bits per heavy atom. The summed E-state index contributed by atoms with van der Waals surface area (Å²) in [6, 6.07) is 7.99. The number of hydrogen-bond acceptors (Lipinski definition) is 4. The molecule has 1 saturated heterocycles. The van der Waals surface area contributed by atoms with Crippen molar-refractivity contribution in [3.8, 4) is 0 Å². The molecule has 1 aromatic carbocycles. The minimum atomic E-state index is -0.452. The molecule has 0 spiro atoms. The molecule has 0 atom stereocenters. The van der Waals surface area contributed by atoms with Crippen LogP contribution in [0.4, 0.5) is 0 Å². The molecule has 28 heavy (non-hydrogen) atoms. The van der Waals surface area contributed by atoms with Crippen LogP contribution in [0.5, 0.6) is 0 Å². The maximum Gasteiger partial charge on any atom is 0.274 e. The van der Waals surface area contributed by atoms with E-state index in [2.05, 4.69) is 34.8 Å². The van der Waals surface area contributed by atoms with Gasteiger partial charge in [0, 0.05) is 5.02 Å². The first kappa shape index (κ1) is 22.7. The van der Waals surface area contributed by atoms with Gasteiger partial charge in [0.25, 0.3) is 5.91 Å². The number of carbonyl (C=O) groups excluding carboxylic acids is 1. The molecular weight excluding hydrogens is 397 g/mol. The molecule has 8 heteroatoms. The maximum absolute atomic E-state index is 13.1. The number of amides is 1. The molecule has 1 aromatic heterocycles. The number of nitrogens with zero attached hydrogens (tertiary/aromatic N) is 3. The van der Waals surface area contributed by atoms with Crippen molar-refractivity contribution in [3.63, 3.8) is 0 Å². The van der Waals surface area contributed by atoms with Crippen molar-refractivity contribution in [3.05, 3.63) is 46.2 Å². The van der Waals surface area contributed by atoms with Crippen LogP contribution in [0.15, 0.2) is 24.3 Å². The third-order valence-electron chi connectivity index (χ3n) is 5.75. The van der Waals surface area contributed by atoms with Gasteiger partial charge in [-0.15, -0.1) is 17.5 Å². The van der Waals surface area contributed by atoms with Crippen LogP contribution in [0.1, 0.15) is 67.3 Å². The zero-order chi connectivity index (χ0) is 19.4. The van der Waals surface area contributed by atoms with Gasteiger partial charge in [0.05, 0.1) is 17.3 Å². The normalized spacial score (nSPS) is 15.1. The molecule has 6 nitrogen and oxygen atoms in total. The highest BCUT2D eigenvalue weighted by Gasteiger charge is 2.32. The first-order chi connectivity index (χ1) is 13.0. The van der Waals surface area contributed by atoms with Gasteiger partial charge < -0.3 is 10.6 Å². The van der Waals surface area contributed by atoms with Gasteiger partial charge >= 0.3 is 0 Å². The summed E-state index contributed by atoms with van der Waals surface area (Å²) in [5.41, 5.74) is 1.84. The van der Waals surface area contributed by atoms with E-state index in [4.69, 9.17) is 11.6 Å². The second-order valence-electron chi connectivity index (χ2n) is 7.20. The predicted molar refractivity (Wildman–Crippen MR) is 114 cm³/mol. The van der Waals surface area contributed by atoms with Crippen molar-refractivity contribution in [2.45, 2.75) is 58.0 Å². The maximum atomic E-state index is 13.1. The van der Waals surface area contributed by atoms with Crippen LogP contribution in [0, 0.1) is 6.92 Å². The third-order valence-corrected chi connectivity index (χ3v) is 6.01. The number of carbonyl (C=O) groups is 1. The highest BCUT2D eigenvalue weighted by atomic mass is 35.5. The second-order valence-corrected chi connectivity index (χ2v) is 7.64. The topological polar surface area (TPSA) is 71.8 Å². The Kier molecular flexibility index (Phi) is 7.87. The summed E-state index contributed by atoms with van der Waals surface area (Å²) < 4.78 is 1.91. The fourth-order valence-corrected chi connectivity index (χ4v) is 4.03. The van der Waals surface area contributed by atoms with Gasteiger partial charge in [0.15, 0.2) is 5.69 Å². The van der Waals surface area contributed by atoms with E-state index in [1.165, 1.54) is 0 Å². The molecule has 2 heterocycles. The van der Waals surface area contributed by atoms with Gasteiger partial charge in [-0.25, -0.2) is 4.68 Å². The van der Waals surface area contributed by atoms with Crippen LogP contribution in [-0.4, -0.2) is 34.0 Å². The Bertz CT molecular complexity index is 780. The van der Waals surface area contributed by atoms with E-state index >= 15 is 0 Å². The lowest BCUT2D eigenvalue weighted by molar-refractivity contribution is 0.0883. The smallest absolute Gasteiger partial charge is 0.274 e. The molecule has 1 aliphatic heterocycles. The molecule has 0 saturated carbocycles. The summed E-state index contributed by atoms with van der Waals surface area (Å²) in [6.45, 7) is 8.03. The van der Waals surface area contributed by atoms with Crippen LogP contribution < -0.4 is 10.6 Å². The molecule has 0 radical (unpaired) electrons. The van der Waals surface area contributed by atoms with E-state index in [0.717, 1.165) is 50.0 Å². The lowest BCUT2D eigenvalue weighted by atomic mass is 9.84. The fourth-order valence-electron chi connectivity index (χ4n) is 3.90. The van der Waals surface area contributed by atoms with Crippen molar-refractivity contribution >= 4 is 29.9 Å². The molecule has 2 aromatic rings. The van der Waals surface area contributed by atoms with E-state index in [9.17, 15) is 4.79 Å². The van der Waals surface area contributed by atoms with E-state index < -0.39 is 5.54 Å². The largest absolute Gasteiger partial charge is 0.341 e. The molecular formula is C20H29Cl2N5O. The first-order valence-electron chi connectivity index (χ1n) is 9.71. The van der Waals surface area contributed by atoms with Crippen molar-refractivity contribution in [1.82, 2.24) is 25.6 Å². The van der Waals surface area contributed by atoms with Crippen molar-refractivity contribution in [2.75, 3.05) is 13.1 Å². The van der Waals surface area contributed by atoms with Gasteiger partial charge in [-0.3, -0.25) is 4.79 Å². The molecule has 2 N–H and O–H groups in total. The number of aromatic nitrogens is 3. The monoisotopic (exact) mass is 425 g/mol. The number of halogens is 2. The van der Waals surface area contributed by atoms with Gasteiger partial charge in [0.1, 0.15) is 0 Å². The Morgan fingerprint density at radius 2 is 1.86 bits per heavy atom.